The summed E-state index contributed by atoms with van der Waals surface area (Å²) < 4.78 is 13.7. The van der Waals surface area contributed by atoms with Crippen LogP contribution < -0.4 is 0 Å². The Morgan fingerprint density at radius 1 is 1.06 bits per heavy atom. The number of rotatable bonds is 4. The van der Waals surface area contributed by atoms with Gasteiger partial charge in [-0.2, -0.15) is 0 Å². The van der Waals surface area contributed by atoms with Gasteiger partial charge in [0.1, 0.15) is 5.82 Å². The van der Waals surface area contributed by atoms with E-state index in [4.69, 9.17) is 0 Å². The number of hydrogen-bond donors (Lipinski definition) is 0. The lowest BCUT2D eigenvalue weighted by atomic mass is 9.90. The second-order valence-corrected chi connectivity index (χ2v) is 5.15. The molecule has 2 aromatic rings. The fourth-order valence-corrected chi connectivity index (χ4v) is 2.80. The van der Waals surface area contributed by atoms with Gasteiger partial charge in [0.2, 0.25) is 0 Å². The molecule has 0 spiro atoms. The van der Waals surface area contributed by atoms with E-state index in [9.17, 15) is 4.39 Å². The maximum atomic E-state index is 13.7. The predicted octanol–water partition coefficient (Wildman–Crippen LogP) is 4.86. The minimum atomic E-state index is -0.114. The van der Waals surface area contributed by atoms with Crippen LogP contribution in [-0.4, -0.2) is 5.33 Å². The second-order valence-electron chi connectivity index (χ2n) is 4.50. The molecule has 0 aromatic heterocycles. The largest absolute Gasteiger partial charge is 0.207 e. The van der Waals surface area contributed by atoms with Crippen LogP contribution in [0, 0.1) is 12.7 Å². The van der Waals surface area contributed by atoms with Crippen LogP contribution in [0.25, 0.3) is 0 Å². The van der Waals surface area contributed by atoms with Crippen LogP contribution in [0.4, 0.5) is 4.39 Å². The summed E-state index contributed by atoms with van der Waals surface area (Å²) in [4.78, 5) is 0. The maximum Gasteiger partial charge on any atom is 0.126 e. The fraction of sp³-hybridized carbons (Fsp3) is 0.250. The zero-order valence-electron chi connectivity index (χ0n) is 10.4. The molecule has 1 unspecified atom stereocenters. The van der Waals surface area contributed by atoms with Gasteiger partial charge in [-0.3, -0.25) is 0 Å². The van der Waals surface area contributed by atoms with Crippen LogP contribution in [-0.2, 0) is 6.42 Å². The highest BCUT2D eigenvalue weighted by molar-refractivity contribution is 9.09. The third-order valence-corrected chi connectivity index (χ3v) is 4.02. The Labute approximate surface area is 116 Å². The Balaban J connectivity index is 2.26. The van der Waals surface area contributed by atoms with Crippen molar-refractivity contribution in [2.24, 2.45) is 0 Å². The van der Waals surface area contributed by atoms with Crippen molar-refractivity contribution in [3.05, 3.63) is 71.0 Å². The molecule has 0 bridgehead atoms. The molecule has 0 N–H and O–H groups in total. The Morgan fingerprint density at radius 3 is 2.39 bits per heavy atom. The maximum absolute atomic E-state index is 13.7. The van der Waals surface area contributed by atoms with E-state index in [1.54, 1.807) is 6.07 Å². The first-order valence-corrected chi connectivity index (χ1v) is 7.19. The molecule has 0 aliphatic heterocycles. The Hall–Kier alpha value is -1.15. The fourth-order valence-electron chi connectivity index (χ4n) is 2.22. The van der Waals surface area contributed by atoms with Gasteiger partial charge in [0.05, 0.1) is 0 Å². The van der Waals surface area contributed by atoms with E-state index in [2.05, 4.69) is 35.0 Å². The zero-order chi connectivity index (χ0) is 13.0. The van der Waals surface area contributed by atoms with Gasteiger partial charge < -0.3 is 0 Å². The molecular weight excluding hydrogens is 291 g/mol. The van der Waals surface area contributed by atoms with Gasteiger partial charge in [-0.05, 0) is 42.0 Å². The minimum Gasteiger partial charge on any atom is -0.207 e. The summed E-state index contributed by atoms with van der Waals surface area (Å²) in [5.41, 5.74) is 3.33. The number of hydrogen-bond acceptors (Lipinski definition) is 0. The highest BCUT2D eigenvalue weighted by atomic mass is 79.9. The van der Waals surface area contributed by atoms with E-state index in [0.717, 1.165) is 17.3 Å². The summed E-state index contributed by atoms with van der Waals surface area (Å²) in [6.45, 7) is 2.10. The highest BCUT2D eigenvalue weighted by Gasteiger charge is 2.14. The van der Waals surface area contributed by atoms with Gasteiger partial charge in [0.25, 0.3) is 0 Å². The van der Waals surface area contributed by atoms with Crippen LogP contribution in [0.15, 0.2) is 48.5 Å². The van der Waals surface area contributed by atoms with E-state index < -0.39 is 0 Å². The summed E-state index contributed by atoms with van der Waals surface area (Å²) in [5.74, 6) is 0.195. The predicted molar refractivity (Wildman–Crippen MR) is 77.8 cm³/mol. The van der Waals surface area contributed by atoms with Crippen molar-refractivity contribution in [3.8, 4) is 0 Å². The van der Waals surface area contributed by atoms with Crippen molar-refractivity contribution in [1.29, 1.82) is 0 Å². The molecule has 2 rings (SSSR count). The molecule has 0 amide bonds. The second kappa shape index (κ2) is 6.14. The van der Waals surface area contributed by atoms with Gasteiger partial charge >= 0.3 is 0 Å². The number of alkyl halides is 1. The van der Waals surface area contributed by atoms with Gasteiger partial charge in [0.15, 0.2) is 0 Å². The minimum absolute atomic E-state index is 0.114. The molecule has 0 saturated carbocycles. The molecule has 0 heterocycles. The first-order chi connectivity index (χ1) is 8.72. The quantitative estimate of drug-likeness (QED) is 0.708. The lowest BCUT2D eigenvalue weighted by molar-refractivity contribution is 0.599. The molecular formula is C16H16BrF. The molecule has 0 radical (unpaired) electrons. The molecule has 0 nitrogen and oxygen atoms in total. The van der Waals surface area contributed by atoms with Crippen LogP contribution in [0.3, 0.4) is 0 Å². The summed E-state index contributed by atoms with van der Waals surface area (Å²) in [5, 5.41) is 0.839. The van der Waals surface area contributed by atoms with E-state index in [-0.39, 0.29) is 5.82 Å². The van der Waals surface area contributed by atoms with Crippen molar-refractivity contribution in [3.63, 3.8) is 0 Å². The highest BCUT2D eigenvalue weighted by Crippen LogP contribution is 2.26. The SMILES string of the molecule is Cc1ccccc1C(CBr)Cc1ccccc1F. The summed E-state index contributed by atoms with van der Waals surface area (Å²) in [7, 11) is 0. The van der Waals surface area contributed by atoms with Crippen LogP contribution >= 0.6 is 15.9 Å². The van der Waals surface area contributed by atoms with Crippen LogP contribution in [0.1, 0.15) is 22.6 Å². The van der Waals surface area contributed by atoms with E-state index in [1.807, 2.05) is 24.3 Å². The molecule has 0 saturated heterocycles. The molecule has 1 atom stereocenters. The molecule has 94 valence electrons. The number of aryl methyl sites for hydroxylation is 1. The monoisotopic (exact) mass is 306 g/mol. The van der Waals surface area contributed by atoms with Crippen molar-refractivity contribution < 1.29 is 4.39 Å². The number of halogens is 2. The summed E-state index contributed by atoms with van der Waals surface area (Å²) in [6.07, 6.45) is 0.725. The van der Waals surface area contributed by atoms with Crippen molar-refractivity contribution >= 4 is 15.9 Å². The van der Waals surface area contributed by atoms with Gasteiger partial charge in [0, 0.05) is 5.33 Å². The van der Waals surface area contributed by atoms with E-state index in [0.29, 0.717) is 5.92 Å². The molecule has 0 aliphatic carbocycles. The number of benzene rings is 2. The smallest absolute Gasteiger partial charge is 0.126 e. The standard InChI is InChI=1S/C16H16BrF/c1-12-6-2-4-8-15(12)14(11-17)10-13-7-3-5-9-16(13)18/h2-9,14H,10-11H2,1H3. The first kappa shape index (κ1) is 13.3. The normalized spacial score (nSPS) is 12.4. The summed E-state index contributed by atoms with van der Waals surface area (Å²) >= 11 is 3.55. The zero-order valence-corrected chi connectivity index (χ0v) is 12.0. The molecule has 2 aromatic carbocycles. The average Bonchev–Trinajstić information content (AvgIpc) is 2.39. The van der Waals surface area contributed by atoms with Gasteiger partial charge in [-0.1, -0.05) is 58.4 Å². The Bertz CT molecular complexity index is 522. The molecule has 0 fully saturated rings. The molecule has 0 aliphatic rings. The van der Waals surface area contributed by atoms with E-state index in [1.165, 1.54) is 17.2 Å². The van der Waals surface area contributed by atoms with Crippen molar-refractivity contribution in [2.75, 3.05) is 5.33 Å². The van der Waals surface area contributed by atoms with Crippen molar-refractivity contribution in [2.45, 2.75) is 19.3 Å². The third-order valence-electron chi connectivity index (χ3n) is 3.24. The molecule has 18 heavy (non-hydrogen) atoms. The first-order valence-electron chi connectivity index (χ1n) is 6.07. The van der Waals surface area contributed by atoms with E-state index >= 15 is 0 Å². The van der Waals surface area contributed by atoms with Crippen LogP contribution in [0.2, 0.25) is 0 Å². The van der Waals surface area contributed by atoms with Gasteiger partial charge in [-0.15, -0.1) is 0 Å². The Morgan fingerprint density at radius 2 is 1.72 bits per heavy atom. The Kier molecular flexibility index (Phi) is 4.54. The third kappa shape index (κ3) is 2.99. The lowest BCUT2D eigenvalue weighted by Crippen LogP contribution is -2.07. The summed E-state index contributed by atoms with van der Waals surface area (Å²) in [6, 6.07) is 15.3. The lowest BCUT2D eigenvalue weighted by Gasteiger charge is -2.17. The van der Waals surface area contributed by atoms with Crippen molar-refractivity contribution in [1.82, 2.24) is 0 Å². The topological polar surface area (TPSA) is 0 Å². The van der Waals surface area contributed by atoms with Crippen LogP contribution in [0.5, 0.6) is 0 Å². The average molecular weight is 307 g/mol. The van der Waals surface area contributed by atoms with Gasteiger partial charge in [-0.25, -0.2) is 4.39 Å². The molecule has 2 heteroatoms.